The van der Waals surface area contributed by atoms with E-state index in [1.807, 2.05) is 0 Å². The van der Waals surface area contributed by atoms with E-state index in [0.29, 0.717) is 36.0 Å². The number of nitrogens with one attached hydrogen (secondary N) is 1. The number of fused-ring (bicyclic) bond motifs is 1. The Morgan fingerprint density at radius 3 is 2.47 bits per heavy atom. The van der Waals surface area contributed by atoms with Crippen molar-refractivity contribution in [1.29, 1.82) is 0 Å². The van der Waals surface area contributed by atoms with Crippen LogP contribution in [0.1, 0.15) is 21.5 Å². The molecule has 1 heterocycles. The molecule has 0 aliphatic carbocycles. The Bertz CT molecular complexity index is 1170. The average molecular weight is 440 g/mol. The Kier molecular flexibility index (Phi) is 6.11. The zero-order valence-electron chi connectivity index (χ0n) is 16.9. The molecule has 1 N–H and O–H groups in total. The molecule has 0 aromatic heterocycles. The molecule has 1 aliphatic heterocycles. The number of halogens is 3. The maximum Gasteiger partial charge on any atom is 0.260 e. The number of anilines is 1. The van der Waals surface area contributed by atoms with E-state index >= 15 is 0 Å². The number of carbonyl (C=O) groups is 2. The fourth-order valence-electron chi connectivity index (χ4n) is 3.44. The van der Waals surface area contributed by atoms with Gasteiger partial charge < -0.3 is 15.0 Å². The van der Waals surface area contributed by atoms with Gasteiger partial charge in [0, 0.05) is 30.4 Å². The lowest BCUT2D eigenvalue weighted by atomic mass is 10.1. The molecule has 3 aromatic rings. The summed E-state index contributed by atoms with van der Waals surface area (Å²) in [7, 11) is 0. The number of ether oxygens (including phenoxy) is 1. The van der Waals surface area contributed by atoms with Gasteiger partial charge in [-0.15, -0.1) is 0 Å². The molecule has 0 saturated carbocycles. The number of carbonyl (C=O) groups excluding carboxylic acids is 2. The van der Waals surface area contributed by atoms with E-state index in [-0.39, 0.29) is 30.4 Å². The molecule has 5 nitrogen and oxygen atoms in total. The second-order valence-corrected chi connectivity index (χ2v) is 7.38. The van der Waals surface area contributed by atoms with Crippen molar-refractivity contribution in [2.75, 3.05) is 18.5 Å². The first-order valence-electron chi connectivity index (χ1n) is 9.93. The van der Waals surface area contributed by atoms with Gasteiger partial charge in [-0.1, -0.05) is 12.1 Å². The summed E-state index contributed by atoms with van der Waals surface area (Å²) in [5, 5.41) is 2.58. The SMILES string of the molecule is O=C(Nc1ccc2c(c1)CN(CCc1ccc(F)cc1)C(=O)CO2)c1ccc(F)cc1F. The highest BCUT2D eigenvalue weighted by Crippen LogP contribution is 2.27. The molecule has 32 heavy (non-hydrogen) atoms. The predicted octanol–water partition coefficient (Wildman–Crippen LogP) is 4.32. The summed E-state index contributed by atoms with van der Waals surface area (Å²) in [6.07, 6.45) is 0.543. The first-order valence-corrected chi connectivity index (χ1v) is 9.93. The van der Waals surface area contributed by atoms with Crippen LogP contribution in [0.2, 0.25) is 0 Å². The highest BCUT2D eigenvalue weighted by molar-refractivity contribution is 6.04. The van der Waals surface area contributed by atoms with Crippen LogP contribution in [0.25, 0.3) is 0 Å². The van der Waals surface area contributed by atoms with Crippen LogP contribution in [0, 0.1) is 17.5 Å². The van der Waals surface area contributed by atoms with E-state index in [4.69, 9.17) is 4.74 Å². The van der Waals surface area contributed by atoms with Crippen LogP contribution in [-0.4, -0.2) is 29.9 Å². The molecule has 2 amide bonds. The molecule has 0 spiro atoms. The van der Waals surface area contributed by atoms with Crippen LogP contribution in [-0.2, 0) is 17.8 Å². The molecular formula is C24H19F3N2O3. The van der Waals surface area contributed by atoms with E-state index < -0.39 is 17.5 Å². The molecule has 0 fully saturated rings. The minimum atomic E-state index is -0.960. The summed E-state index contributed by atoms with van der Waals surface area (Å²) < 4.78 is 45.6. The van der Waals surface area contributed by atoms with Crippen LogP contribution in [0.4, 0.5) is 18.9 Å². The molecule has 164 valence electrons. The zero-order valence-corrected chi connectivity index (χ0v) is 16.9. The number of nitrogens with zero attached hydrogens (tertiary/aromatic N) is 1. The van der Waals surface area contributed by atoms with Gasteiger partial charge in [0.15, 0.2) is 6.61 Å². The van der Waals surface area contributed by atoms with E-state index in [1.165, 1.54) is 12.1 Å². The Hall–Kier alpha value is -3.81. The number of hydrogen-bond donors (Lipinski definition) is 1. The van der Waals surface area contributed by atoms with Crippen molar-refractivity contribution >= 4 is 17.5 Å². The first-order chi connectivity index (χ1) is 15.4. The lowest BCUT2D eigenvalue weighted by molar-refractivity contribution is -0.133. The third-order valence-corrected chi connectivity index (χ3v) is 5.14. The zero-order chi connectivity index (χ0) is 22.7. The summed E-state index contributed by atoms with van der Waals surface area (Å²) >= 11 is 0. The van der Waals surface area contributed by atoms with Gasteiger partial charge in [-0.25, -0.2) is 13.2 Å². The Morgan fingerprint density at radius 2 is 1.72 bits per heavy atom. The minimum absolute atomic E-state index is 0.122. The maximum absolute atomic E-state index is 13.9. The standard InChI is InChI=1S/C24H19F3N2O3/c25-17-3-1-15(2-4-17)9-10-29-13-16-11-19(6-8-22(16)32-14-23(29)30)28-24(31)20-7-5-18(26)12-21(20)27/h1-8,11-12H,9-10,13-14H2,(H,28,31). The fourth-order valence-corrected chi connectivity index (χ4v) is 3.44. The second-order valence-electron chi connectivity index (χ2n) is 7.38. The predicted molar refractivity (Wildman–Crippen MR) is 112 cm³/mol. The summed E-state index contributed by atoms with van der Waals surface area (Å²) in [6, 6.07) is 13.7. The van der Waals surface area contributed by atoms with Crippen LogP contribution in [0.15, 0.2) is 60.7 Å². The summed E-state index contributed by atoms with van der Waals surface area (Å²) in [4.78, 5) is 26.5. The lowest BCUT2D eigenvalue weighted by Gasteiger charge is -2.20. The molecule has 0 radical (unpaired) electrons. The molecule has 0 saturated heterocycles. The number of benzene rings is 3. The topological polar surface area (TPSA) is 58.6 Å². The van der Waals surface area contributed by atoms with Crippen LogP contribution < -0.4 is 10.1 Å². The smallest absolute Gasteiger partial charge is 0.260 e. The summed E-state index contributed by atoms with van der Waals surface area (Å²) in [5.74, 6) is -2.46. The van der Waals surface area contributed by atoms with Crippen molar-refractivity contribution in [2.45, 2.75) is 13.0 Å². The fraction of sp³-hybridized carbons (Fsp3) is 0.167. The van der Waals surface area contributed by atoms with Crippen molar-refractivity contribution in [3.63, 3.8) is 0 Å². The average Bonchev–Trinajstić information content (AvgIpc) is 2.91. The monoisotopic (exact) mass is 440 g/mol. The van der Waals surface area contributed by atoms with Gasteiger partial charge in [0.05, 0.1) is 5.56 Å². The largest absolute Gasteiger partial charge is 0.483 e. The van der Waals surface area contributed by atoms with E-state index in [1.54, 1.807) is 35.2 Å². The van der Waals surface area contributed by atoms with Gasteiger partial charge in [0.2, 0.25) is 0 Å². The molecule has 0 bridgehead atoms. The Balaban J connectivity index is 1.48. The Labute approximate surface area is 182 Å². The van der Waals surface area contributed by atoms with Crippen molar-refractivity contribution in [2.24, 2.45) is 0 Å². The van der Waals surface area contributed by atoms with Crippen LogP contribution >= 0.6 is 0 Å². The third kappa shape index (κ3) is 4.91. The van der Waals surface area contributed by atoms with Gasteiger partial charge in [-0.2, -0.15) is 0 Å². The van der Waals surface area contributed by atoms with Gasteiger partial charge in [-0.05, 0) is 54.4 Å². The highest BCUT2D eigenvalue weighted by atomic mass is 19.1. The summed E-state index contributed by atoms with van der Waals surface area (Å²) in [6.45, 7) is 0.539. The molecule has 3 aromatic carbocycles. The van der Waals surface area contributed by atoms with E-state index in [9.17, 15) is 22.8 Å². The molecular weight excluding hydrogens is 421 g/mol. The molecule has 1 aliphatic rings. The van der Waals surface area contributed by atoms with Crippen molar-refractivity contribution in [1.82, 2.24) is 4.90 Å². The van der Waals surface area contributed by atoms with Crippen molar-refractivity contribution in [3.05, 3.63) is 94.8 Å². The number of rotatable bonds is 5. The second kappa shape index (κ2) is 9.13. The Morgan fingerprint density at radius 1 is 0.969 bits per heavy atom. The molecule has 0 unspecified atom stereocenters. The number of amides is 2. The van der Waals surface area contributed by atoms with Crippen LogP contribution in [0.3, 0.4) is 0 Å². The van der Waals surface area contributed by atoms with Gasteiger partial charge in [0.25, 0.3) is 11.8 Å². The van der Waals surface area contributed by atoms with Gasteiger partial charge in [0.1, 0.15) is 23.2 Å². The number of hydrogen-bond acceptors (Lipinski definition) is 3. The van der Waals surface area contributed by atoms with Crippen LogP contribution in [0.5, 0.6) is 5.75 Å². The lowest BCUT2D eigenvalue weighted by Crippen LogP contribution is -2.34. The van der Waals surface area contributed by atoms with Gasteiger partial charge in [-0.3, -0.25) is 9.59 Å². The summed E-state index contributed by atoms with van der Waals surface area (Å²) in [5.41, 5.74) is 1.67. The van der Waals surface area contributed by atoms with Gasteiger partial charge >= 0.3 is 0 Å². The highest BCUT2D eigenvalue weighted by Gasteiger charge is 2.22. The quantitative estimate of drug-likeness (QED) is 0.643. The first kappa shape index (κ1) is 21.4. The maximum atomic E-state index is 13.9. The third-order valence-electron chi connectivity index (χ3n) is 5.14. The normalized spacial score (nSPS) is 13.2. The molecule has 8 heteroatoms. The molecule has 0 atom stereocenters. The van der Waals surface area contributed by atoms with Crippen molar-refractivity contribution < 1.29 is 27.5 Å². The minimum Gasteiger partial charge on any atom is -0.483 e. The van der Waals surface area contributed by atoms with Crippen molar-refractivity contribution in [3.8, 4) is 5.75 Å². The molecule has 4 rings (SSSR count). The van der Waals surface area contributed by atoms with E-state index in [0.717, 1.165) is 17.7 Å². The van der Waals surface area contributed by atoms with E-state index in [2.05, 4.69) is 5.32 Å².